The van der Waals surface area contributed by atoms with Gasteiger partial charge in [0.1, 0.15) is 4.88 Å². The summed E-state index contributed by atoms with van der Waals surface area (Å²) in [6.45, 7) is 0.406. The molecular weight excluding hydrogens is 278 g/mol. The molecule has 0 bridgehead atoms. The predicted molar refractivity (Wildman–Crippen MR) is 74.7 cm³/mol. The number of amidine groups is 1. The molecule has 2 rings (SSSR count). The molecule has 0 fully saturated rings. The maximum absolute atomic E-state index is 12.1. The zero-order valence-electron chi connectivity index (χ0n) is 10.7. The molecule has 0 unspecified atom stereocenters. The Morgan fingerprint density at radius 2 is 2.35 bits per heavy atom. The Morgan fingerprint density at radius 3 is 3.00 bits per heavy atom. The summed E-state index contributed by atoms with van der Waals surface area (Å²) in [5, 5.41) is 15.3. The number of aromatic nitrogens is 2. The maximum Gasteiger partial charge on any atom is 0.267 e. The summed E-state index contributed by atoms with van der Waals surface area (Å²) in [4.78, 5) is 14.1. The Morgan fingerprint density at radius 1 is 1.55 bits per heavy atom. The van der Waals surface area contributed by atoms with Gasteiger partial charge in [0, 0.05) is 19.2 Å². The number of benzene rings is 1. The van der Waals surface area contributed by atoms with Gasteiger partial charge in [-0.05, 0) is 23.2 Å². The molecule has 104 valence electrons. The smallest absolute Gasteiger partial charge is 0.267 e. The van der Waals surface area contributed by atoms with E-state index >= 15 is 0 Å². The van der Waals surface area contributed by atoms with Crippen molar-refractivity contribution >= 4 is 23.3 Å². The number of amides is 1. The van der Waals surface area contributed by atoms with Crippen molar-refractivity contribution in [2.45, 2.75) is 6.54 Å². The van der Waals surface area contributed by atoms with Gasteiger partial charge in [-0.25, -0.2) is 0 Å². The zero-order chi connectivity index (χ0) is 14.5. The highest BCUT2D eigenvalue weighted by Crippen LogP contribution is 2.11. The van der Waals surface area contributed by atoms with Gasteiger partial charge in [0.15, 0.2) is 5.84 Å². The predicted octanol–water partition coefficient (Wildman–Crippen LogP) is 0.905. The largest absolute Gasteiger partial charge is 0.409 e. The van der Waals surface area contributed by atoms with E-state index in [4.69, 9.17) is 10.9 Å². The summed E-state index contributed by atoms with van der Waals surface area (Å²) in [6.07, 6.45) is 1.44. The minimum Gasteiger partial charge on any atom is -0.409 e. The highest BCUT2D eigenvalue weighted by atomic mass is 32.1. The quantitative estimate of drug-likeness (QED) is 0.377. The van der Waals surface area contributed by atoms with Crippen LogP contribution in [0, 0.1) is 0 Å². The first-order valence-electron chi connectivity index (χ1n) is 5.71. The molecule has 0 aliphatic rings. The minimum absolute atomic E-state index is 0.0347. The molecule has 0 radical (unpaired) electrons. The SMILES string of the molecule is CN(Cc1cccc(C(N)=NO)c1)C(=O)c1cnns1. The fourth-order valence-corrected chi connectivity index (χ4v) is 2.19. The molecule has 0 saturated carbocycles. The first-order valence-corrected chi connectivity index (χ1v) is 6.49. The lowest BCUT2D eigenvalue weighted by molar-refractivity contribution is 0.0789. The third kappa shape index (κ3) is 3.09. The van der Waals surface area contributed by atoms with Crippen LogP contribution in [0.25, 0.3) is 0 Å². The van der Waals surface area contributed by atoms with Gasteiger partial charge < -0.3 is 15.8 Å². The van der Waals surface area contributed by atoms with Crippen LogP contribution in [0.1, 0.15) is 20.8 Å². The van der Waals surface area contributed by atoms with Crippen molar-refractivity contribution in [3.05, 3.63) is 46.5 Å². The summed E-state index contributed by atoms with van der Waals surface area (Å²) < 4.78 is 3.67. The number of rotatable bonds is 4. The second-order valence-electron chi connectivity index (χ2n) is 4.13. The lowest BCUT2D eigenvalue weighted by atomic mass is 10.1. The van der Waals surface area contributed by atoms with Gasteiger partial charge in [0.2, 0.25) is 0 Å². The van der Waals surface area contributed by atoms with Crippen LogP contribution in [0.2, 0.25) is 0 Å². The second-order valence-corrected chi connectivity index (χ2v) is 4.91. The van der Waals surface area contributed by atoms with Crippen LogP contribution in [0.5, 0.6) is 0 Å². The van der Waals surface area contributed by atoms with Gasteiger partial charge in [0.05, 0.1) is 6.20 Å². The van der Waals surface area contributed by atoms with E-state index in [0.717, 1.165) is 17.1 Å². The number of nitrogens with two attached hydrogens (primary N) is 1. The maximum atomic E-state index is 12.1. The van der Waals surface area contributed by atoms with Crippen molar-refractivity contribution in [1.29, 1.82) is 0 Å². The van der Waals surface area contributed by atoms with Crippen LogP contribution in [-0.2, 0) is 6.54 Å². The first-order chi connectivity index (χ1) is 9.61. The van der Waals surface area contributed by atoms with Crippen LogP contribution in [0.15, 0.2) is 35.6 Å². The fourth-order valence-electron chi connectivity index (χ4n) is 1.68. The van der Waals surface area contributed by atoms with Gasteiger partial charge in [-0.1, -0.05) is 27.8 Å². The van der Waals surface area contributed by atoms with Crippen molar-refractivity contribution < 1.29 is 10.0 Å². The van der Waals surface area contributed by atoms with Gasteiger partial charge in [-0.2, -0.15) is 0 Å². The van der Waals surface area contributed by atoms with E-state index in [2.05, 4.69) is 14.7 Å². The lowest BCUT2D eigenvalue weighted by Crippen LogP contribution is -2.25. The standard InChI is InChI=1S/C12H13N5O2S/c1-17(12(18)10-6-14-16-20-10)7-8-3-2-4-9(5-8)11(13)15-19/h2-6,19H,7H2,1H3,(H2,13,15). The number of carbonyl (C=O) groups excluding carboxylic acids is 1. The van der Waals surface area contributed by atoms with Crippen molar-refractivity contribution in [1.82, 2.24) is 14.5 Å². The molecule has 0 aliphatic heterocycles. The van der Waals surface area contributed by atoms with E-state index in [9.17, 15) is 4.79 Å². The molecule has 0 atom stereocenters. The molecule has 1 amide bonds. The van der Waals surface area contributed by atoms with Crippen LogP contribution in [-0.4, -0.2) is 38.5 Å². The van der Waals surface area contributed by atoms with Crippen molar-refractivity contribution in [2.75, 3.05) is 7.05 Å². The highest BCUT2D eigenvalue weighted by Gasteiger charge is 2.14. The summed E-state index contributed by atoms with van der Waals surface area (Å²) in [5.74, 6) is -0.110. The van der Waals surface area contributed by atoms with Crippen LogP contribution >= 0.6 is 11.5 Å². The van der Waals surface area contributed by atoms with E-state index < -0.39 is 0 Å². The minimum atomic E-state index is -0.144. The molecule has 20 heavy (non-hydrogen) atoms. The van der Waals surface area contributed by atoms with E-state index in [0.29, 0.717) is 17.0 Å². The molecule has 3 N–H and O–H groups in total. The van der Waals surface area contributed by atoms with E-state index in [1.807, 2.05) is 6.07 Å². The number of nitrogens with zero attached hydrogens (tertiary/aromatic N) is 4. The molecule has 0 spiro atoms. The van der Waals surface area contributed by atoms with Crippen LogP contribution < -0.4 is 5.73 Å². The Balaban J connectivity index is 2.12. The molecule has 2 aromatic rings. The third-order valence-corrected chi connectivity index (χ3v) is 3.32. The number of hydrogen-bond acceptors (Lipinski definition) is 6. The molecule has 1 aromatic carbocycles. The lowest BCUT2D eigenvalue weighted by Gasteiger charge is -2.16. The van der Waals surface area contributed by atoms with Gasteiger partial charge >= 0.3 is 0 Å². The number of carbonyl (C=O) groups is 1. The van der Waals surface area contributed by atoms with Crippen molar-refractivity contribution in [2.24, 2.45) is 10.9 Å². The summed E-state index contributed by atoms with van der Waals surface area (Å²) >= 11 is 1.06. The summed E-state index contributed by atoms with van der Waals surface area (Å²) in [5.41, 5.74) is 7.01. The number of oxime groups is 1. The van der Waals surface area contributed by atoms with Crippen LogP contribution in [0.3, 0.4) is 0 Å². The fraction of sp³-hybridized carbons (Fsp3) is 0.167. The van der Waals surface area contributed by atoms with Crippen molar-refractivity contribution in [3.8, 4) is 0 Å². The summed E-state index contributed by atoms with van der Waals surface area (Å²) in [7, 11) is 1.69. The Kier molecular flexibility index (Phi) is 4.26. The van der Waals surface area contributed by atoms with E-state index in [1.165, 1.54) is 6.20 Å². The number of hydrogen-bond donors (Lipinski definition) is 2. The van der Waals surface area contributed by atoms with E-state index in [-0.39, 0.29) is 11.7 Å². The monoisotopic (exact) mass is 291 g/mol. The van der Waals surface area contributed by atoms with Gasteiger partial charge in [-0.3, -0.25) is 4.79 Å². The topological polar surface area (TPSA) is 105 Å². The Bertz CT molecular complexity index is 627. The molecule has 0 aliphatic carbocycles. The highest BCUT2D eigenvalue weighted by molar-refractivity contribution is 7.07. The molecule has 8 heteroatoms. The summed E-state index contributed by atoms with van der Waals surface area (Å²) in [6, 6.07) is 7.15. The van der Waals surface area contributed by atoms with Crippen LogP contribution in [0.4, 0.5) is 0 Å². The molecule has 0 saturated heterocycles. The Labute approximate surface area is 119 Å². The van der Waals surface area contributed by atoms with Gasteiger partial charge in [-0.15, -0.1) is 5.10 Å². The third-order valence-electron chi connectivity index (χ3n) is 2.67. The second kappa shape index (κ2) is 6.11. The van der Waals surface area contributed by atoms with Crippen molar-refractivity contribution in [3.63, 3.8) is 0 Å². The van der Waals surface area contributed by atoms with Gasteiger partial charge in [0.25, 0.3) is 5.91 Å². The molecule has 1 heterocycles. The van der Waals surface area contributed by atoms with E-state index in [1.54, 1.807) is 30.1 Å². The average Bonchev–Trinajstić information content (AvgIpc) is 3.00. The average molecular weight is 291 g/mol. The zero-order valence-corrected chi connectivity index (χ0v) is 11.5. The molecule has 1 aromatic heterocycles. The Hall–Kier alpha value is -2.48. The molecule has 7 nitrogen and oxygen atoms in total. The normalized spacial score (nSPS) is 11.3. The first kappa shape index (κ1) is 13.9. The molecular formula is C12H13N5O2S.